The molecular formula is C63H39NS. The van der Waals surface area contributed by atoms with E-state index >= 15 is 0 Å². The molecule has 0 bridgehead atoms. The minimum absolute atomic E-state index is 0.404. The Morgan fingerprint density at radius 2 is 0.800 bits per heavy atom. The summed E-state index contributed by atoms with van der Waals surface area (Å²) in [5, 5.41) is 7.57. The van der Waals surface area contributed by atoms with Crippen molar-refractivity contribution in [2.75, 3.05) is 4.90 Å². The molecule has 12 aromatic rings. The predicted molar refractivity (Wildman–Crippen MR) is 276 cm³/mol. The maximum Gasteiger partial charge on any atom is 0.0731 e. The summed E-state index contributed by atoms with van der Waals surface area (Å²) in [7, 11) is 0. The molecule has 302 valence electrons. The second-order valence-corrected chi connectivity index (χ2v) is 18.7. The van der Waals surface area contributed by atoms with Gasteiger partial charge < -0.3 is 4.90 Å². The standard InChI is InChI=1S/C63H39NS/c1-2-13-40(14-3-1)44-17-12-18-47(35-44)64(48-30-27-41-15-4-5-16-43(41)36-48)49-31-34-61-56(39-49)55-38-46(29-33-60(55)65-61)45-26-25-42-28-32-53-52-21-8-11-24-59(52)63(62(53)54(42)37-45)57-22-9-6-19-50(57)51-20-7-10-23-58(51)63/h1-39H. The average molecular weight is 842 g/mol. The average Bonchev–Trinajstić information content (AvgIpc) is 4.00. The largest absolute Gasteiger partial charge is 0.310 e. The Morgan fingerprint density at radius 1 is 0.292 bits per heavy atom. The lowest BCUT2D eigenvalue weighted by Crippen LogP contribution is -2.26. The lowest BCUT2D eigenvalue weighted by Gasteiger charge is -2.31. The van der Waals surface area contributed by atoms with Gasteiger partial charge in [-0.15, -0.1) is 11.3 Å². The number of hydrogen-bond donors (Lipinski definition) is 0. The molecule has 0 radical (unpaired) electrons. The Hall–Kier alpha value is -8.04. The molecule has 0 fully saturated rings. The van der Waals surface area contributed by atoms with Crippen LogP contribution in [0.4, 0.5) is 17.1 Å². The van der Waals surface area contributed by atoms with Gasteiger partial charge >= 0.3 is 0 Å². The summed E-state index contributed by atoms with van der Waals surface area (Å²) in [6, 6.07) is 88.3. The minimum Gasteiger partial charge on any atom is -0.310 e. The molecule has 65 heavy (non-hydrogen) atoms. The van der Waals surface area contributed by atoms with Crippen molar-refractivity contribution in [1.82, 2.24) is 0 Å². The summed E-state index contributed by atoms with van der Waals surface area (Å²) in [4.78, 5) is 2.42. The Bertz CT molecular complexity index is 3850. The zero-order chi connectivity index (χ0) is 42.6. The Kier molecular flexibility index (Phi) is 7.84. The van der Waals surface area contributed by atoms with E-state index in [-0.39, 0.29) is 0 Å². The van der Waals surface area contributed by atoms with Gasteiger partial charge in [0, 0.05) is 37.2 Å². The van der Waals surface area contributed by atoms with Crippen LogP contribution in [-0.2, 0) is 5.41 Å². The molecule has 0 N–H and O–H groups in total. The molecule has 1 heterocycles. The second-order valence-electron chi connectivity index (χ2n) is 17.6. The summed E-state index contributed by atoms with van der Waals surface area (Å²) >= 11 is 1.87. The van der Waals surface area contributed by atoms with Crippen LogP contribution in [0.15, 0.2) is 237 Å². The van der Waals surface area contributed by atoms with Crippen LogP contribution in [0.2, 0.25) is 0 Å². The maximum absolute atomic E-state index is 2.48. The van der Waals surface area contributed by atoms with Crippen LogP contribution in [0, 0.1) is 0 Å². The third kappa shape index (κ3) is 5.32. The quantitative estimate of drug-likeness (QED) is 0.167. The van der Waals surface area contributed by atoms with E-state index in [0.717, 1.165) is 17.1 Å². The molecule has 2 heteroatoms. The molecule has 0 atom stereocenters. The summed E-state index contributed by atoms with van der Waals surface area (Å²) in [5.41, 5.74) is 18.7. The van der Waals surface area contributed by atoms with Crippen molar-refractivity contribution in [1.29, 1.82) is 0 Å². The fourth-order valence-corrected chi connectivity index (χ4v) is 12.5. The van der Waals surface area contributed by atoms with E-state index in [1.807, 2.05) is 11.3 Å². The van der Waals surface area contributed by atoms with Gasteiger partial charge in [0.1, 0.15) is 0 Å². The monoisotopic (exact) mass is 841 g/mol. The maximum atomic E-state index is 2.48. The SMILES string of the molecule is c1ccc(-c2cccc(N(c3ccc4ccccc4c3)c3ccc4sc5ccc(-c6ccc7ccc8c(c7c6)C6(c7ccccc7-c7ccccc76)c6ccccc6-8)cc5c4c3)c2)cc1. The summed E-state index contributed by atoms with van der Waals surface area (Å²) in [6.45, 7) is 0. The van der Waals surface area contributed by atoms with Crippen molar-refractivity contribution >= 4 is 70.1 Å². The van der Waals surface area contributed by atoms with Crippen LogP contribution < -0.4 is 4.90 Å². The first-order valence-electron chi connectivity index (χ1n) is 22.5. The number of hydrogen-bond acceptors (Lipinski definition) is 2. The first-order chi connectivity index (χ1) is 32.2. The van der Waals surface area contributed by atoms with Gasteiger partial charge in [-0.25, -0.2) is 0 Å². The minimum atomic E-state index is -0.404. The lowest BCUT2D eigenvalue weighted by molar-refractivity contribution is 0.801. The summed E-state index contributed by atoms with van der Waals surface area (Å²) in [5.74, 6) is 0. The van der Waals surface area contributed by atoms with Crippen molar-refractivity contribution in [3.8, 4) is 44.5 Å². The first-order valence-corrected chi connectivity index (χ1v) is 23.3. The highest BCUT2D eigenvalue weighted by Crippen LogP contribution is 2.64. The van der Waals surface area contributed by atoms with E-state index in [0.29, 0.717) is 0 Å². The highest BCUT2D eigenvalue weighted by atomic mass is 32.1. The highest BCUT2D eigenvalue weighted by molar-refractivity contribution is 7.25. The number of thiophene rings is 1. The molecule has 0 unspecified atom stereocenters. The molecule has 14 rings (SSSR count). The van der Waals surface area contributed by atoms with Crippen molar-refractivity contribution < 1.29 is 0 Å². The zero-order valence-corrected chi connectivity index (χ0v) is 36.2. The fourth-order valence-electron chi connectivity index (χ4n) is 11.4. The van der Waals surface area contributed by atoms with Crippen LogP contribution in [0.1, 0.15) is 22.3 Å². The van der Waals surface area contributed by atoms with Crippen LogP contribution in [-0.4, -0.2) is 0 Å². The third-order valence-electron chi connectivity index (χ3n) is 14.2. The van der Waals surface area contributed by atoms with Crippen molar-refractivity contribution in [3.63, 3.8) is 0 Å². The number of anilines is 3. The molecule has 1 spiro atoms. The van der Waals surface area contributed by atoms with Gasteiger partial charge in [0.25, 0.3) is 0 Å². The molecule has 0 amide bonds. The van der Waals surface area contributed by atoms with E-state index in [9.17, 15) is 0 Å². The van der Waals surface area contributed by atoms with Crippen molar-refractivity contribution in [2.45, 2.75) is 5.41 Å². The van der Waals surface area contributed by atoms with Gasteiger partial charge in [-0.1, -0.05) is 176 Å². The van der Waals surface area contributed by atoms with Crippen molar-refractivity contribution in [3.05, 3.63) is 259 Å². The Labute approximate surface area is 381 Å². The van der Waals surface area contributed by atoms with Crippen LogP contribution in [0.5, 0.6) is 0 Å². The second kappa shape index (κ2) is 14.0. The molecule has 1 aromatic heterocycles. The van der Waals surface area contributed by atoms with Gasteiger partial charge in [0.05, 0.1) is 5.41 Å². The Balaban J connectivity index is 0.945. The van der Waals surface area contributed by atoms with Crippen LogP contribution in [0.3, 0.4) is 0 Å². The van der Waals surface area contributed by atoms with E-state index in [1.165, 1.54) is 108 Å². The van der Waals surface area contributed by atoms with E-state index in [4.69, 9.17) is 0 Å². The van der Waals surface area contributed by atoms with Gasteiger partial charge in [0.2, 0.25) is 0 Å². The molecule has 11 aromatic carbocycles. The van der Waals surface area contributed by atoms with Crippen molar-refractivity contribution in [2.24, 2.45) is 0 Å². The Morgan fingerprint density at radius 3 is 1.55 bits per heavy atom. The smallest absolute Gasteiger partial charge is 0.0731 e. The number of rotatable bonds is 5. The van der Waals surface area contributed by atoms with E-state index in [2.05, 4.69) is 241 Å². The molecule has 1 nitrogen and oxygen atoms in total. The molecule has 2 aliphatic carbocycles. The first kappa shape index (κ1) is 36.4. The topological polar surface area (TPSA) is 3.24 Å². The van der Waals surface area contributed by atoms with Gasteiger partial charge in [-0.05, 0) is 149 Å². The number of fused-ring (bicyclic) bond motifs is 16. The molecule has 2 aliphatic rings. The zero-order valence-electron chi connectivity index (χ0n) is 35.4. The highest BCUT2D eigenvalue weighted by Gasteiger charge is 2.52. The third-order valence-corrected chi connectivity index (χ3v) is 15.4. The van der Waals surface area contributed by atoms with Crippen LogP contribution >= 0.6 is 11.3 Å². The van der Waals surface area contributed by atoms with E-state index < -0.39 is 5.41 Å². The predicted octanol–water partition coefficient (Wildman–Crippen LogP) is 17.5. The number of benzene rings is 11. The normalized spacial score (nSPS) is 13.0. The van der Waals surface area contributed by atoms with Gasteiger partial charge in [0.15, 0.2) is 0 Å². The molecule has 0 saturated carbocycles. The van der Waals surface area contributed by atoms with Crippen LogP contribution in [0.25, 0.3) is 86.2 Å². The van der Waals surface area contributed by atoms with Gasteiger partial charge in [-0.3, -0.25) is 0 Å². The lowest BCUT2D eigenvalue weighted by atomic mass is 9.69. The molecule has 0 saturated heterocycles. The summed E-state index contributed by atoms with van der Waals surface area (Å²) < 4.78 is 2.58. The molecular weight excluding hydrogens is 803 g/mol. The summed E-state index contributed by atoms with van der Waals surface area (Å²) in [6.07, 6.45) is 0. The number of nitrogens with zero attached hydrogens (tertiary/aromatic N) is 1. The fraction of sp³-hybridized carbons (Fsp3) is 0.0159. The van der Waals surface area contributed by atoms with Gasteiger partial charge in [-0.2, -0.15) is 0 Å². The van der Waals surface area contributed by atoms with E-state index in [1.54, 1.807) is 0 Å². The molecule has 0 aliphatic heterocycles.